The highest BCUT2D eigenvalue weighted by molar-refractivity contribution is 9.10. The maximum absolute atomic E-state index is 4.61. The van der Waals surface area contributed by atoms with Crippen molar-refractivity contribution in [1.82, 2.24) is 10.3 Å². The topological polar surface area (TPSA) is 28.2 Å². The van der Waals surface area contributed by atoms with Crippen LogP contribution in [-0.4, -0.2) is 30.7 Å². The number of nitrogens with one attached hydrogen (secondary N) is 1. The first kappa shape index (κ1) is 11.5. The summed E-state index contributed by atoms with van der Waals surface area (Å²) in [5, 5.41) is 3.52. The van der Waals surface area contributed by atoms with Gasteiger partial charge < -0.3 is 10.2 Å². The lowest BCUT2D eigenvalue weighted by Crippen LogP contribution is -2.45. The Bertz CT molecular complexity index is 421. The third-order valence-corrected chi connectivity index (χ3v) is 4.40. The van der Waals surface area contributed by atoms with Crippen LogP contribution < -0.4 is 10.2 Å². The van der Waals surface area contributed by atoms with Gasteiger partial charge in [0.2, 0.25) is 0 Å². The summed E-state index contributed by atoms with van der Waals surface area (Å²) in [6.45, 7) is 5.59. The summed E-state index contributed by atoms with van der Waals surface area (Å²) in [5.41, 5.74) is 1.27. The fourth-order valence-corrected chi connectivity index (χ4v) is 3.61. The van der Waals surface area contributed by atoms with Crippen LogP contribution in [0.25, 0.3) is 0 Å². The molecule has 3 nitrogen and oxygen atoms in total. The molecule has 0 amide bonds. The molecule has 2 unspecified atom stereocenters. The van der Waals surface area contributed by atoms with E-state index in [0.29, 0.717) is 6.04 Å². The molecule has 0 radical (unpaired) electrons. The van der Waals surface area contributed by atoms with Crippen LogP contribution in [0.1, 0.15) is 18.4 Å². The average Bonchev–Trinajstić information content (AvgIpc) is 2.77. The number of nitrogens with zero attached hydrogens (tertiary/aromatic N) is 2. The zero-order valence-electron chi connectivity index (χ0n) is 10.1. The number of piperidine rings is 1. The smallest absolute Gasteiger partial charge is 0.131 e. The van der Waals surface area contributed by atoms with Gasteiger partial charge in [0.25, 0.3) is 0 Å². The summed E-state index contributed by atoms with van der Waals surface area (Å²) in [6, 6.07) is 2.81. The predicted octanol–water partition coefficient (Wildman–Crippen LogP) is 2.34. The Hall–Kier alpha value is -0.610. The van der Waals surface area contributed by atoms with Crippen LogP contribution in [0.4, 0.5) is 5.82 Å². The molecule has 3 rings (SSSR count). The fraction of sp³-hybridized carbons (Fsp3) is 0.615. The van der Waals surface area contributed by atoms with Crippen molar-refractivity contribution >= 4 is 21.7 Å². The second-order valence-electron chi connectivity index (χ2n) is 5.12. The highest BCUT2D eigenvalue weighted by atomic mass is 79.9. The van der Waals surface area contributed by atoms with Crippen LogP contribution in [0.3, 0.4) is 0 Å². The molecule has 2 atom stereocenters. The second kappa shape index (κ2) is 4.58. The number of halogens is 1. The molecule has 0 aromatic carbocycles. The molecule has 2 aliphatic heterocycles. The van der Waals surface area contributed by atoms with E-state index >= 15 is 0 Å². The summed E-state index contributed by atoms with van der Waals surface area (Å²) >= 11 is 3.48. The van der Waals surface area contributed by atoms with E-state index < -0.39 is 0 Å². The van der Waals surface area contributed by atoms with Gasteiger partial charge in [-0.1, -0.05) is 0 Å². The Morgan fingerprint density at radius 1 is 1.47 bits per heavy atom. The van der Waals surface area contributed by atoms with Crippen molar-refractivity contribution in [3.63, 3.8) is 0 Å². The number of hydrogen-bond acceptors (Lipinski definition) is 3. The number of hydrogen-bond donors (Lipinski definition) is 1. The van der Waals surface area contributed by atoms with Gasteiger partial charge in [0, 0.05) is 36.3 Å². The highest BCUT2D eigenvalue weighted by Gasteiger charge is 2.35. The lowest BCUT2D eigenvalue weighted by atomic mass is 9.92. The van der Waals surface area contributed by atoms with E-state index in [0.717, 1.165) is 23.5 Å². The lowest BCUT2D eigenvalue weighted by Gasteiger charge is -2.38. The minimum Gasteiger partial charge on any atom is -0.352 e. The van der Waals surface area contributed by atoms with Gasteiger partial charge in [-0.15, -0.1) is 0 Å². The average molecular weight is 296 g/mol. The Morgan fingerprint density at radius 2 is 2.35 bits per heavy atom. The van der Waals surface area contributed by atoms with E-state index in [1.165, 1.54) is 30.8 Å². The highest BCUT2D eigenvalue weighted by Crippen LogP contribution is 2.32. The lowest BCUT2D eigenvalue weighted by molar-refractivity contribution is 0.383. The normalized spacial score (nSPS) is 28.2. The third kappa shape index (κ3) is 2.08. The first-order valence-corrected chi connectivity index (χ1v) is 7.14. The monoisotopic (exact) mass is 295 g/mol. The fourth-order valence-electron chi connectivity index (χ4n) is 3.17. The van der Waals surface area contributed by atoms with Crippen LogP contribution >= 0.6 is 15.9 Å². The van der Waals surface area contributed by atoms with Gasteiger partial charge in [0.15, 0.2) is 0 Å². The van der Waals surface area contributed by atoms with E-state index in [1.54, 1.807) is 0 Å². The molecule has 3 heterocycles. The Morgan fingerprint density at radius 3 is 3.18 bits per heavy atom. The van der Waals surface area contributed by atoms with E-state index in [4.69, 9.17) is 0 Å². The van der Waals surface area contributed by atoms with Gasteiger partial charge in [-0.2, -0.15) is 0 Å². The molecule has 1 N–H and O–H groups in total. The number of aromatic nitrogens is 1. The van der Waals surface area contributed by atoms with Crippen molar-refractivity contribution in [2.24, 2.45) is 5.92 Å². The van der Waals surface area contributed by atoms with Crippen molar-refractivity contribution in [1.29, 1.82) is 0 Å². The van der Waals surface area contributed by atoms with Crippen LogP contribution in [0.5, 0.6) is 0 Å². The predicted molar refractivity (Wildman–Crippen MR) is 73.4 cm³/mol. The molecule has 0 aliphatic carbocycles. The maximum atomic E-state index is 4.61. The Balaban J connectivity index is 1.91. The zero-order valence-corrected chi connectivity index (χ0v) is 11.7. The SMILES string of the molecule is Cc1cc(Br)cnc1N1CCCC2CNCC21. The van der Waals surface area contributed by atoms with Crippen molar-refractivity contribution in [3.8, 4) is 0 Å². The van der Waals surface area contributed by atoms with Gasteiger partial charge in [0.05, 0.1) is 0 Å². The van der Waals surface area contributed by atoms with Crippen LogP contribution in [0, 0.1) is 12.8 Å². The minimum absolute atomic E-state index is 0.649. The minimum atomic E-state index is 0.649. The molecule has 92 valence electrons. The summed E-state index contributed by atoms with van der Waals surface area (Å²) in [6.07, 6.45) is 4.57. The molecule has 17 heavy (non-hydrogen) atoms. The van der Waals surface area contributed by atoms with Gasteiger partial charge in [-0.25, -0.2) is 4.98 Å². The first-order chi connectivity index (χ1) is 8.25. The number of anilines is 1. The van der Waals surface area contributed by atoms with Crippen molar-refractivity contribution in [3.05, 3.63) is 22.3 Å². The quantitative estimate of drug-likeness (QED) is 0.862. The molecule has 2 saturated heterocycles. The Labute approximate surface area is 111 Å². The molecule has 0 spiro atoms. The molecule has 2 aliphatic rings. The summed E-state index contributed by atoms with van der Waals surface area (Å²) < 4.78 is 1.07. The number of rotatable bonds is 1. The van der Waals surface area contributed by atoms with Crippen LogP contribution in [0.15, 0.2) is 16.7 Å². The first-order valence-electron chi connectivity index (χ1n) is 6.35. The van der Waals surface area contributed by atoms with E-state index in [2.05, 4.69) is 44.1 Å². The molecule has 4 heteroatoms. The van der Waals surface area contributed by atoms with Crippen LogP contribution in [-0.2, 0) is 0 Å². The van der Waals surface area contributed by atoms with E-state index in [1.807, 2.05) is 6.20 Å². The third-order valence-electron chi connectivity index (χ3n) is 3.97. The van der Waals surface area contributed by atoms with Crippen molar-refractivity contribution in [2.45, 2.75) is 25.8 Å². The number of fused-ring (bicyclic) bond motifs is 1. The van der Waals surface area contributed by atoms with Gasteiger partial charge in [0.1, 0.15) is 5.82 Å². The van der Waals surface area contributed by atoms with E-state index in [9.17, 15) is 0 Å². The summed E-state index contributed by atoms with van der Waals surface area (Å²) in [7, 11) is 0. The standard InChI is InChI=1S/C13H18BrN3/c1-9-5-11(14)7-16-13(9)17-4-2-3-10-6-15-8-12(10)17/h5,7,10,12,15H,2-4,6,8H2,1H3. The van der Waals surface area contributed by atoms with Crippen molar-refractivity contribution in [2.75, 3.05) is 24.5 Å². The van der Waals surface area contributed by atoms with Gasteiger partial charge in [-0.3, -0.25) is 0 Å². The molecule has 0 saturated carbocycles. The van der Waals surface area contributed by atoms with Gasteiger partial charge >= 0.3 is 0 Å². The van der Waals surface area contributed by atoms with E-state index in [-0.39, 0.29) is 0 Å². The molecule has 1 aromatic rings. The maximum Gasteiger partial charge on any atom is 0.131 e. The molecule has 0 bridgehead atoms. The zero-order chi connectivity index (χ0) is 11.8. The Kier molecular flexibility index (Phi) is 3.09. The molecular weight excluding hydrogens is 278 g/mol. The number of aryl methyl sites for hydroxylation is 1. The van der Waals surface area contributed by atoms with Gasteiger partial charge in [-0.05, 0) is 53.2 Å². The second-order valence-corrected chi connectivity index (χ2v) is 6.03. The van der Waals surface area contributed by atoms with Crippen LogP contribution in [0.2, 0.25) is 0 Å². The number of pyridine rings is 1. The molecular formula is C13H18BrN3. The van der Waals surface area contributed by atoms with Crippen molar-refractivity contribution < 1.29 is 0 Å². The molecule has 1 aromatic heterocycles. The largest absolute Gasteiger partial charge is 0.352 e. The summed E-state index contributed by atoms with van der Waals surface area (Å²) in [4.78, 5) is 7.12. The summed E-state index contributed by atoms with van der Waals surface area (Å²) in [5.74, 6) is 1.99. The molecule has 2 fully saturated rings.